The Morgan fingerprint density at radius 2 is 1.81 bits per heavy atom. The zero-order chi connectivity index (χ0) is 23.3. The van der Waals surface area contributed by atoms with E-state index in [4.69, 9.17) is 10.5 Å². The summed E-state index contributed by atoms with van der Waals surface area (Å²) in [6, 6.07) is -2.63. The molecule has 32 heavy (non-hydrogen) atoms. The first-order chi connectivity index (χ1) is 15.1. The second kappa shape index (κ2) is 8.62. The third-order valence-corrected chi connectivity index (χ3v) is 6.66. The van der Waals surface area contributed by atoms with Gasteiger partial charge in [-0.15, -0.1) is 0 Å². The molecule has 2 heterocycles. The molecule has 0 spiro atoms. The summed E-state index contributed by atoms with van der Waals surface area (Å²) in [5, 5.41) is 0.202. The number of halogens is 5. The van der Waals surface area contributed by atoms with Gasteiger partial charge >= 0.3 is 5.69 Å². The lowest BCUT2D eigenvalue weighted by Gasteiger charge is -2.33. The summed E-state index contributed by atoms with van der Waals surface area (Å²) in [5.74, 6) is -2.89. The highest BCUT2D eigenvalue weighted by Crippen LogP contribution is 2.34. The second-order valence-corrected chi connectivity index (χ2v) is 8.61. The molecule has 4 rings (SSSR count). The maximum absolute atomic E-state index is 15.3. The van der Waals surface area contributed by atoms with E-state index in [1.165, 1.54) is 11.7 Å². The van der Waals surface area contributed by atoms with E-state index in [0.29, 0.717) is 0 Å². The van der Waals surface area contributed by atoms with Crippen molar-refractivity contribution in [1.29, 1.82) is 0 Å². The minimum Gasteiger partial charge on any atom is -0.497 e. The van der Waals surface area contributed by atoms with E-state index in [0.717, 1.165) is 18.9 Å². The lowest BCUT2D eigenvalue weighted by Crippen LogP contribution is -2.60. The van der Waals surface area contributed by atoms with Gasteiger partial charge in [0, 0.05) is 18.6 Å². The van der Waals surface area contributed by atoms with Gasteiger partial charge in [0.15, 0.2) is 0 Å². The van der Waals surface area contributed by atoms with Crippen molar-refractivity contribution in [2.75, 3.05) is 20.2 Å². The van der Waals surface area contributed by atoms with Crippen molar-refractivity contribution in [3.63, 3.8) is 0 Å². The predicted molar refractivity (Wildman–Crippen MR) is 106 cm³/mol. The van der Waals surface area contributed by atoms with E-state index in [2.05, 4.69) is 4.98 Å². The molecule has 0 amide bonds. The monoisotopic (exact) mass is 464 g/mol. The normalized spacial score (nSPS) is 27.2. The number of hydrogen-bond donors (Lipinski definition) is 2. The molecule has 1 saturated heterocycles. The lowest BCUT2D eigenvalue weighted by molar-refractivity contribution is -0.0473. The Hall–Kier alpha value is -2.21. The minimum atomic E-state index is -3.27. The van der Waals surface area contributed by atoms with Crippen LogP contribution >= 0.6 is 0 Å². The SMILES string of the molecule is COC1=c2c(c(=O)[nH]c(=O)n2C2CC2)=CC(F)C1N1CCC(C(N)C(C(F)F)C(F)F)C1. The van der Waals surface area contributed by atoms with Crippen LogP contribution in [0.2, 0.25) is 0 Å². The van der Waals surface area contributed by atoms with Crippen molar-refractivity contribution in [2.45, 2.75) is 56.4 Å². The molecule has 0 radical (unpaired) electrons. The average molecular weight is 464 g/mol. The van der Waals surface area contributed by atoms with Gasteiger partial charge in [0.1, 0.15) is 18.0 Å². The molecule has 12 heteroatoms. The number of aromatic amines is 1. The van der Waals surface area contributed by atoms with Gasteiger partial charge in [-0.05, 0) is 37.8 Å². The summed E-state index contributed by atoms with van der Waals surface area (Å²) in [5.41, 5.74) is 4.45. The molecule has 3 N–H and O–H groups in total. The maximum atomic E-state index is 15.3. The molecule has 0 aromatic carbocycles. The number of nitrogens with one attached hydrogen (secondary N) is 1. The van der Waals surface area contributed by atoms with Gasteiger partial charge < -0.3 is 10.5 Å². The molecule has 4 atom stereocenters. The Morgan fingerprint density at radius 3 is 2.38 bits per heavy atom. The number of nitrogens with zero attached hydrogens (tertiary/aromatic N) is 2. The van der Waals surface area contributed by atoms with Gasteiger partial charge in [-0.2, -0.15) is 0 Å². The smallest absolute Gasteiger partial charge is 0.329 e. The molecule has 4 unspecified atom stereocenters. The van der Waals surface area contributed by atoms with E-state index in [-0.39, 0.29) is 41.9 Å². The molecule has 2 fully saturated rings. The number of fused-ring (bicyclic) bond motifs is 1. The molecule has 1 aromatic heterocycles. The summed E-state index contributed by atoms with van der Waals surface area (Å²) in [7, 11) is 1.30. The molecule has 1 aromatic rings. The summed E-state index contributed by atoms with van der Waals surface area (Å²) in [6.07, 6.45) is -5.44. The molecule has 1 aliphatic heterocycles. The summed E-state index contributed by atoms with van der Waals surface area (Å²) in [6.45, 7) is 0.227. The largest absolute Gasteiger partial charge is 0.497 e. The van der Waals surface area contributed by atoms with Crippen molar-refractivity contribution < 1.29 is 26.7 Å². The predicted octanol–water partition coefficient (Wildman–Crippen LogP) is -0.0775. The first-order valence-electron chi connectivity index (χ1n) is 10.5. The van der Waals surface area contributed by atoms with Crippen LogP contribution in [0.5, 0.6) is 0 Å². The fourth-order valence-electron chi connectivity index (χ4n) is 4.91. The lowest BCUT2D eigenvalue weighted by atomic mass is 9.88. The average Bonchev–Trinajstić information content (AvgIpc) is 3.42. The highest BCUT2D eigenvalue weighted by Gasteiger charge is 2.45. The van der Waals surface area contributed by atoms with Crippen LogP contribution in [0.15, 0.2) is 9.59 Å². The van der Waals surface area contributed by atoms with Gasteiger partial charge in [0.2, 0.25) is 12.9 Å². The van der Waals surface area contributed by atoms with Crippen LogP contribution in [-0.4, -0.2) is 65.8 Å². The van der Waals surface area contributed by atoms with Crippen LogP contribution in [-0.2, 0) is 4.74 Å². The van der Waals surface area contributed by atoms with Gasteiger partial charge in [-0.25, -0.2) is 26.7 Å². The van der Waals surface area contributed by atoms with E-state index < -0.39 is 54.2 Å². The highest BCUT2D eigenvalue weighted by atomic mass is 19.3. The molecule has 7 nitrogen and oxygen atoms in total. The van der Waals surface area contributed by atoms with Crippen LogP contribution in [0.1, 0.15) is 25.3 Å². The molecular weight excluding hydrogens is 439 g/mol. The van der Waals surface area contributed by atoms with E-state index >= 15 is 4.39 Å². The van der Waals surface area contributed by atoms with Crippen LogP contribution < -0.4 is 27.6 Å². The number of nitrogens with two attached hydrogens (primary N) is 1. The van der Waals surface area contributed by atoms with Crippen molar-refractivity contribution in [1.82, 2.24) is 14.5 Å². The van der Waals surface area contributed by atoms with E-state index in [1.807, 2.05) is 0 Å². The first kappa shape index (κ1) is 23.0. The molecule has 3 aliphatic rings. The summed E-state index contributed by atoms with van der Waals surface area (Å²) >= 11 is 0. The summed E-state index contributed by atoms with van der Waals surface area (Å²) < 4.78 is 74.7. The summed E-state index contributed by atoms with van der Waals surface area (Å²) in [4.78, 5) is 28.6. The van der Waals surface area contributed by atoms with Gasteiger partial charge in [-0.3, -0.25) is 19.2 Å². The topological polar surface area (TPSA) is 93.3 Å². The quantitative estimate of drug-likeness (QED) is 0.551. The zero-order valence-electron chi connectivity index (χ0n) is 17.3. The second-order valence-electron chi connectivity index (χ2n) is 8.61. The number of rotatable bonds is 7. The maximum Gasteiger partial charge on any atom is 0.329 e. The Bertz CT molecular complexity index is 1090. The molecule has 2 aliphatic carbocycles. The van der Waals surface area contributed by atoms with Crippen molar-refractivity contribution in [3.05, 3.63) is 31.4 Å². The Labute approximate surface area is 179 Å². The Balaban J connectivity index is 1.72. The fraction of sp³-hybridized carbons (Fsp3) is 0.700. The Kier molecular flexibility index (Phi) is 6.19. The first-order valence-corrected chi connectivity index (χ1v) is 10.5. The number of alkyl halides is 5. The minimum absolute atomic E-state index is 0.0000121. The number of methoxy groups -OCH3 is 1. The van der Waals surface area contributed by atoms with Crippen LogP contribution in [0.25, 0.3) is 11.8 Å². The molecule has 178 valence electrons. The van der Waals surface area contributed by atoms with Crippen LogP contribution in [0.3, 0.4) is 0 Å². The van der Waals surface area contributed by atoms with Gasteiger partial charge in [-0.1, -0.05) is 0 Å². The number of ether oxygens (including phenoxy) is 1. The zero-order valence-corrected chi connectivity index (χ0v) is 17.3. The van der Waals surface area contributed by atoms with E-state index in [9.17, 15) is 27.2 Å². The highest BCUT2D eigenvalue weighted by molar-refractivity contribution is 5.53. The van der Waals surface area contributed by atoms with Crippen molar-refractivity contribution in [2.24, 2.45) is 17.6 Å². The number of likely N-dealkylation sites (tertiary alicyclic amines) is 1. The standard InChI is InChI=1S/C20H25F5N4O3/c1-32-16-14-10(19(30)27-20(31)29(14)9-2-3-9)6-11(21)15(16)28-5-4-8(7-28)13(26)12(17(22)23)18(24)25/h6,8-9,11-13,15,17-18H,2-5,7,26H2,1H3,(H,27,30,31). The molecular formula is C20H25F5N4O3. The fourth-order valence-corrected chi connectivity index (χ4v) is 4.91. The molecule has 0 bridgehead atoms. The van der Waals surface area contributed by atoms with Crippen LogP contribution in [0, 0.1) is 11.8 Å². The third kappa shape index (κ3) is 3.87. The van der Waals surface area contributed by atoms with Gasteiger partial charge in [0.05, 0.1) is 23.6 Å². The van der Waals surface area contributed by atoms with Gasteiger partial charge in [0.25, 0.3) is 5.56 Å². The van der Waals surface area contributed by atoms with Crippen molar-refractivity contribution in [3.8, 4) is 0 Å². The molecule has 1 saturated carbocycles. The third-order valence-electron chi connectivity index (χ3n) is 6.66. The number of H-pyrrole nitrogens is 1. The van der Waals surface area contributed by atoms with Crippen LogP contribution in [0.4, 0.5) is 22.0 Å². The number of aromatic nitrogens is 2. The van der Waals surface area contributed by atoms with E-state index in [1.54, 1.807) is 4.90 Å². The number of hydrogen-bond acceptors (Lipinski definition) is 5. The van der Waals surface area contributed by atoms with Crippen molar-refractivity contribution >= 4 is 11.8 Å². The Morgan fingerprint density at radius 1 is 1.16 bits per heavy atom.